The van der Waals surface area contributed by atoms with Crippen molar-refractivity contribution in [1.29, 1.82) is 0 Å². The molecule has 0 aromatic carbocycles. The van der Waals surface area contributed by atoms with Crippen LogP contribution in [0.4, 0.5) is 10.6 Å². The number of rotatable bonds is 2. The van der Waals surface area contributed by atoms with Crippen LogP contribution in [0.2, 0.25) is 0 Å². The van der Waals surface area contributed by atoms with Gasteiger partial charge in [0.05, 0.1) is 0 Å². The smallest absolute Gasteiger partial charge is 0.320 e. The molecule has 70 valence electrons. The van der Waals surface area contributed by atoms with Crippen molar-refractivity contribution < 1.29 is 4.79 Å². The number of aromatic nitrogens is 1. The molecular formula is C8H10BrN3O. The molecule has 0 saturated heterocycles. The average Bonchev–Trinajstić information content (AvgIpc) is 2.04. The number of halogens is 1. The molecule has 0 aliphatic carbocycles. The lowest BCUT2D eigenvalue weighted by molar-refractivity contribution is 0.252. The van der Waals surface area contributed by atoms with Crippen molar-refractivity contribution >= 4 is 27.8 Å². The standard InChI is InChI=1S/C8H10BrN3O/c1-2-10-8(13)12-7-5-6(9)3-4-11-7/h3-5H,2H2,1H3,(H2,10,11,12,13). The van der Waals surface area contributed by atoms with Crippen LogP contribution in [0, 0.1) is 0 Å². The highest BCUT2D eigenvalue weighted by molar-refractivity contribution is 9.10. The van der Waals surface area contributed by atoms with Crippen LogP contribution >= 0.6 is 15.9 Å². The van der Waals surface area contributed by atoms with Crippen LogP contribution in [0.3, 0.4) is 0 Å². The largest absolute Gasteiger partial charge is 0.338 e. The van der Waals surface area contributed by atoms with E-state index in [1.165, 1.54) is 0 Å². The lowest BCUT2D eigenvalue weighted by Crippen LogP contribution is -2.28. The maximum atomic E-state index is 11.0. The van der Waals surface area contributed by atoms with Gasteiger partial charge in [-0.2, -0.15) is 0 Å². The minimum atomic E-state index is -0.242. The van der Waals surface area contributed by atoms with Gasteiger partial charge in [-0.05, 0) is 19.1 Å². The van der Waals surface area contributed by atoms with E-state index < -0.39 is 0 Å². The maximum Gasteiger partial charge on any atom is 0.320 e. The Balaban J connectivity index is 2.58. The quantitative estimate of drug-likeness (QED) is 0.835. The van der Waals surface area contributed by atoms with Gasteiger partial charge in [0.2, 0.25) is 0 Å². The molecule has 1 aromatic rings. The molecule has 5 heteroatoms. The SMILES string of the molecule is CCNC(=O)Nc1cc(Br)ccn1. The monoisotopic (exact) mass is 243 g/mol. The predicted molar refractivity (Wildman–Crippen MR) is 54.6 cm³/mol. The van der Waals surface area contributed by atoms with Gasteiger partial charge in [0.25, 0.3) is 0 Å². The fourth-order valence-electron chi connectivity index (χ4n) is 0.794. The average molecular weight is 244 g/mol. The van der Waals surface area contributed by atoms with Gasteiger partial charge in [-0.1, -0.05) is 15.9 Å². The van der Waals surface area contributed by atoms with Gasteiger partial charge in [-0.3, -0.25) is 5.32 Å². The summed E-state index contributed by atoms with van der Waals surface area (Å²) in [5.74, 6) is 0.528. The Hall–Kier alpha value is -1.10. The minimum absolute atomic E-state index is 0.242. The first kappa shape index (κ1) is 9.98. The van der Waals surface area contributed by atoms with Gasteiger partial charge in [-0.25, -0.2) is 9.78 Å². The van der Waals surface area contributed by atoms with Crippen molar-refractivity contribution in [3.05, 3.63) is 22.8 Å². The van der Waals surface area contributed by atoms with E-state index in [-0.39, 0.29) is 6.03 Å². The van der Waals surface area contributed by atoms with Crippen LogP contribution in [-0.4, -0.2) is 17.6 Å². The highest BCUT2D eigenvalue weighted by Crippen LogP contribution is 2.12. The number of hydrogen-bond acceptors (Lipinski definition) is 2. The Morgan fingerprint density at radius 1 is 1.69 bits per heavy atom. The molecule has 0 unspecified atom stereocenters. The Morgan fingerprint density at radius 3 is 3.08 bits per heavy atom. The van der Waals surface area contributed by atoms with Gasteiger partial charge < -0.3 is 5.32 Å². The van der Waals surface area contributed by atoms with E-state index in [4.69, 9.17) is 0 Å². The molecule has 2 N–H and O–H groups in total. The predicted octanol–water partition coefficient (Wildman–Crippen LogP) is 1.99. The molecule has 1 aromatic heterocycles. The Kier molecular flexibility index (Phi) is 3.70. The number of carbonyl (C=O) groups is 1. The summed E-state index contributed by atoms with van der Waals surface area (Å²) in [6, 6.07) is 3.28. The summed E-state index contributed by atoms with van der Waals surface area (Å²) in [7, 11) is 0. The summed E-state index contributed by atoms with van der Waals surface area (Å²) < 4.78 is 0.884. The third-order valence-corrected chi connectivity index (χ3v) is 1.79. The summed E-state index contributed by atoms with van der Waals surface area (Å²) in [5.41, 5.74) is 0. The summed E-state index contributed by atoms with van der Waals surface area (Å²) in [5, 5.41) is 5.20. The second-order valence-corrected chi connectivity index (χ2v) is 3.26. The third-order valence-electron chi connectivity index (χ3n) is 1.30. The first-order valence-electron chi connectivity index (χ1n) is 3.88. The molecule has 1 heterocycles. The molecule has 0 aliphatic heterocycles. The number of pyridine rings is 1. The van der Waals surface area contributed by atoms with E-state index >= 15 is 0 Å². The number of nitrogens with zero attached hydrogens (tertiary/aromatic N) is 1. The number of nitrogens with one attached hydrogen (secondary N) is 2. The van der Waals surface area contributed by atoms with E-state index in [0.717, 1.165) is 4.47 Å². The second kappa shape index (κ2) is 4.81. The highest BCUT2D eigenvalue weighted by Gasteiger charge is 1.99. The Morgan fingerprint density at radius 2 is 2.46 bits per heavy atom. The number of urea groups is 1. The van der Waals surface area contributed by atoms with Crippen LogP contribution < -0.4 is 10.6 Å². The molecule has 0 saturated carbocycles. The molecule has 0 atom stereocenters. The maximum absolute atomic E-state index is 11.0. The molecule has 0 fully saturated rings. The van der Waals surface area contributed by atoms with Crippen LogP contribution in [0.1, 0.15) is 6.92 Å². The molecule has 4 nitrogen and oxygen atoms in total. The van der Waals surface area contributed by atoms with Crippen molar-refractivity contribution in [2.24, 2.45) is 0 Å². The molecule has 0 radical (unpaired) electrons. The number of carbonyl (C=O) groups excluding carboxylic acids is 1. The van der Waals surface area contributed by atoms with Crippen LogP contribution in [0.5, 0.6) is 0 Å². The summed E-state index contributed by atoms with van der Waals surface area (Å²) in [6.45, 7) is 2.45. The fraction of sp³-hybridized carbons (Fsp3) is 0.250. The van der Waals surface area contributed by atoms with Crippen LogP contribution in [-0.2, 0) is 0 Å². The van der Waals surface area contributed by atoms with E-state index in [1.807, 2.05) is 6.92 Å². The Bertz CT molecular complexity index is 303. The third kappa shape index (κ3) is 3.42. The molecule has 0 aliphatic rings. The molecular weight excluding hydrogens is 234 g/mol. The number of hydrogen-bond donors (Lipinski definition) is 2. The van der Waals surface area contributed by atoms with Gasteiger partial charge in [0.1, 0.15) is 5.82 Å². The fourth-order valence-corrected chi connectivity index (χ4v) is 1.13. The second-order valence-electron chi connectivity index (χ2n) is 2.34. The summed E-state index contributed by atoms with van der Waals surface area (Å²) >= 11 is 3.28. The van der Waals surface area contributed by atoms with E-state index in [1.54, 1.807) is 18.3 Å². The Labute approximate surface area is 84.9 Å². The molecule has 0 spiro atoms. The first-order chi connectivity index (χ1) is 6.22. The zero-order valence-electron chi connectivity index (χ0n) is 7.17. The molecule has 2 amide bonds. The van der Waals surface area contributed by atoms with Crippen molar-refractivity contribution in [3.63, 3.8) is 0 Å². The highest BCUT2D eigenvalue weighted by atomic mass is 79.9. The van der Waals surface area contributed by atoms with E-state index in [0.29, 0.717) is 12.4 Å². The van der Waals surface area contributed by atoms with Gasteiger partial charge >= 0.3 is 6.03 Å². The van der Waals surface area contributed by atoms with Crippen molar-refractivity contribution in [2.75, 3.05) is 11.9 Å². The molecule has 13 heavy (non-hydrogen) atoms. The summed E-state index contributed by atoms with van der Waals surface area (Å²) in [4.78, 5) is 15.0. The lowest BCUT2D eigenvalue weighted by atomic mass is 10.5. The topological polar surface area (TPSA) is 54.0 Å². The van der Waals surface area contributed by atoms with Crippen molar-refractivity contribution in [1.82, 2.24) is 10.3 Å². The van der Waals surface area contributed by atoms with Crippen molar-refractivity contribution in [3.8, 4) is 0 Å². The summed E-state index contributed by atoms with van der Waals surface area (Å²) in [6.07, 6.45) is 1.62. The van der Waals surface area contributed by atoms with Gasteiger partial charge in [0.15, 0.2) is 0 Å². The first-order valence-corrected chi connectivity index (χ1v) is 4.68. The van der Waals surface area contributed by atoms with Crippen molar-refractivity contribution in [2.45, 2.75) is 6.92 Å². The van der Waals surface area contributed by atoms with E-state index in [9.17, 15) is 4.79 Å². The number of anilines is 1. The number of amides is 2. The van der Waals surface area contributed by atoms with Crippen LogP contribution in [0.25, 0.3) is 0 Å². The normalized spacial score (nSPS) is 9.38. The van der Waals surface area contributed by atoms with Gasteiger partial charge in [0, 0.05) is 17.2 Å². The minimum Gasteiger partial charge on any atom is -0.338 e. The van der Waals surface area contributed by atoms with Crippen LogP contribution in [0.15, 0.2) is 22.8 Å². The zero-order valence-corrected chi connectivity index (χ0v) is 8.76. The molecule has 1 rings (SSSR count). The van der Waals surface area contributed by atoms with Gasteiger partial charge in [-0.15, -0.1) is 0 Å². The zero-order chi connectivity index (χ0) is 9.68. The lowest BCUT2D eigenvalue weighted by Gasteiger charge is -2.04. The van der Waals surface area contributed by atoms with E-state index in [2.05, 4.69) is 31.5 Å². The molecule has 0 bridgehead atoms.